The van der Waals surface area contributed by atoms with Crippen LogP contribution in [0.4, 0.5) is 0 Å². The van der Waals surface area contributed by atoms with Crippen LogP contribution in [0.1, 0.15) is 24.0 Å². The first kappa shape index (κ1) is 18.6. The summed E-state index contributed by atoms with van der Waals surface area (Å²) in [5, 5.41) is 10.3. The maximum atomic E-state index is 12.6. The zero-order valence-electron chi connectivity index (χ0n) is 14.6. The second-order valence-corrected chi connectivity index (χ2v) is 6.18. The number of nitrogens with two attached hydrogens (primary N) is 1. The molecule has 0 fully saturated rings. The molecule has 0 bridgehead atoms. The third-order valence-corrected chi connectivity index (χ3v) is 4.51. The minimum absolute atomic E-state index is 0.0705. The topological polar surface area (TPSA) is 85.3 Å². The van der Waals surface area contributed by atoms with Gasteiger partial charge in [0.2, 0.25) is 5.88 Å². The normalized spacial score (nSPS) is 16.6. The molecule has 0 aliphatic carbocycles. The largest absolute Gasteiger partial charge is 0.462 e. The molecule has 5 nitrogen and oxygen atoms in total. The predicted octanol–water partition coefficient (Wildman–Crippen LogP) is 4.12. The van der Waals surface area contributed by atoms with Crippen molar-refractivity contribution >= 4 is 23.3 Å². The first-order chi connectivity index (χ1) is 13.1. The Kier molecular flexibility index (Phi) is 5.49. The smallest absolute Gasteiger partial charge is 0.340 e. The number of carbonyl (C=O) groups is 1. The summed E-state index contributed by atoms with van der Waals surface area (Å²) in [6.45, 7) is 1.86. The van der Waals surface area contributed by atoms with Crippen LogP contribution >= 0.6 is 11.6 Å². The molecule has 27 heavy (non-hydrogen) atoms. The number of ether oxygens (including phenoxy) is 2. The summed E-state index contributed by atoms with van der Waals surface area (Å²) in [6.07, 6.45) is 0. The number of nitrogens with zero attached hydrogens (tertiary/aromatic N) is 1. The number of rotatable bonds is 4. The molecular weight excluding hydrogens is 364 g/mol. The lowest BCUT2D eigenvalue weighted by atomic mass is 9.82. The van der Waals surface area contributed by atoms with Crippen molar-refractivity contribution in [3.63, 3.8) is 0 Å². The maximum absolute atomic E-state index is 12.6. The van der Waals surface area contributed by atoms with Crippen molar-refractivity contribution < 1.29 is 14.3 Å². The summed E-state index contributed by atoms with van der Waals surface area (Å²) in [4.78, 5) is 12.6. The van der Waals surface area contributed by atoms with E-state index >= 15 is 0 Å². The van der Waals surface area contributed by atoms with Gasteiger partial charge in [0.15, 0.2) is 5.76 Å². The second kappa shape index (κ2) is 7.98. The van der Waals surface area contributed by atoms with E-state index in [9.17, 15) is 10.1 Å². The molecule has 3 rings (SSSR count). The zero-order chi connectivity index (χ0) is 19.4. The maximum Gasteiger partial charge on any atom is 0.340 e. The fourth-order valence-corrected chi connectivity index (χ4v) is 3.25. The van der Waals surface area contributed by atoms with Crippen LogP contribution in [-0.4, -0.2) is 12.6 Å². The Morgan fingerprint density at radius 3 is 2.52 bits per heavy atom. The van der Waals surface area contributed by atoms with Crippen LogP contribution in [0.25, 0.3) is 5.76 Å². The Morgan fingerprint density at radius 1 is 1.22 bits per heavy atom. The molecule has 2 N–H and O–H groups in total. The molecule has 0 saturated carbocycles. The van der Waals surface area contributed by atoms with Gasteiger partial charge in [-0.3, -0.25) is 0 Å². The van der Waals surface area contributed by atoms with E-state index in [1.54, 1.807) is 43.3 Å². The first-order valence-corrected chi connectivity index (χ1v) is 8.75. The fraction of sp³-hybridized carbons (Fsp3) is 0.143. The lowest BCUT2D eigenvalue weighted by molar-refractivity contribution is -0.139. The van der Waals surface area contributed by atoms with E-state index in [4.69, 9.17) is 26.8 Å². The van der Waals surface area contributed by atoms with Gasteiger partial charge in [-0.05, 0) is 18.6 Å². The molecule has 2 aromatic carbocycles. The first-order valence-electron chi connectivity index (χ1n) is 8.37. The minimum atomic E-state index is -0.785. The fourth-order valence-electron chi connectivity index (χ4n) is 3.00. The van der Waals surface area contributed by atoms with E-state index in [0.29, 0.717) is 21.9 Å². The highest BCUT2D eigenvalue weighted by Gasteiger charge is 2.38. The van der Waals surface area contributed by atoms with Crippen molar-refractivity contribution in [2.45, 2.75) is 12.8 Å². The molecule has 136 valence electrons. The highest BCUT2D eigenvalue weighted by Crippen LogP contribution is 2.44. The van der Waals surface area contributed by atoms with Gasteiger partial charge in [-0.1, -0.05) is 60.1 Å². The van der Waals surface area contributed by atoms with Crippen LogP contribution in [0.3, 0.4) is 0 Å². The lowest BCUT2D eigenvalue weighted by Gasteiger charge is -2.28. The van der Waals surface area contributed by atoms with Gasteiger partial charge in [0.05, 0.1) is 24.2 Å². The predicted molar refractivity (Wildman–Crippen MR) is 102 cm³/mol. The van der Waals surface area contributed by atoms with E-state index < -0.39 is 11.9 Å². The van der Waals surface area contributed by atoms with Gasteiger partial charge in [0.1, 0.15) is 5.57 Å². The molecule has 6 heteroatoms. The van der Waals surface area contributed by atoms with Gasteiger partial charge in [0, 0.05) is 10.6 Å². The molecule has 0 saturated heterocycles. The second-order valence-electron chi connectivity index (χ2n) is 5.78. The van der Waals surface area contributed by atoms with Crippen molar-refractivity contribution in [2.75, 3.05) is 6.61 Å². The van der Waals surface area contributed by atoms with Gasteiger partial charge in [-0.25, -0.2) is 4.79 Å². The van der Waals surface area contributed by atoms with E-state index in [1.807, 2.05) is 18.2 Å². The monoisotopic (exact) mass is 380 g/mol. The van der Waals surface area contributed by atoms with Gasteiger partial charge >= 0.3 is 5.97 Å². The molecule has 0 unspecified atom stereocenters. The average molecular weight is 381 g/mol. The number of benzene rings is 2. The summed E-state index contributed by atoms with van der Waals surface area (Å²) in [6, 6.07) is 18.3. The summed E-state index contributed by atoms with van der Waals surface area (Å²) in [5.74, 6) is -1.23. The summed E-state index contributed by atoms with van der Waals surface area (Å²) in [7, 11) is 0. The molecule has 2 aromatic rings. The zero-order valence-corrected chi connectivity index (χ0v) is 15.4. The molecule has 1 atom stereocenters. The highest BCUT2D eigenvalue weighted by molar-refractivity contribution is 6.31. The SMILES string of the molecule is CCOC(=O)C1=C(N)OC(c2ccccc2)=C(C#N)[C@H]1c1ccccc1Cl. The van der Waals surface area contributed by atoms with Gasteiger partial charge in [-0.15, -0.1) is 0 Å². The van der Waals surface area contributed by atoms with E-state index in [1.165, 1.54) is 0 Å². The lowest BCUT2D eigenvalue weighted by Crippen LogP contribution is -2.26. The molecule has 0 radical (unpaired) electrons. The molecule has 1 aliphatic heterocycles. The van der Waals surface area contributed by atoms with Crippen LogP contribution < -0.4 is 5.73 Å². The highest BCUT2D eigenvalue weighted by atomic mass is 35.5. The van der Waals surface area contributed by atoms with Gasteiger partial charge in [-0.2, -0.15) is 5.26 Å². The number of hydrogen-bond acceptors (Lipinski definition) is 5. The number of nitriles is 1. The van der Waals surface area contributed by atoms with Gasteiger partial charge in [0.25, 0.3) is 0 Å². The summed E-state index contributed by atoms with van der Waals surface area (Å²) >= 11 is 6.38. The Hall–Kier alpha value is -3.23. The molecule has 0 aromatic heterocycles. The van der Waals surface area contributed by atoms with Crippen molar-refractivity contribution in [1.29, 1.82) is 5.26 Å². The average Bonchev–Trinajstić information content (AvgIpc) is 2.68. The van der Waals surface area contributed by atoms with E-state index in [-0.39, 0.29) is 23.6 Å². The van der Waals surface area contributed by atoms with Crippen LogP contribution in [0, 0.1) is 11.3 Å². The van der Waals surface area contributed by atoms with Gasteiger partial charge < -0.3 is 15.2 Å². The van der Waals surface area contributed by atoms with Crippen LogP contribution in [0.5, 0.6) is 0 Å². The third-order valence-electron chi connectivity index (χ3n) is 4.17. The molecule has 1 aliphatic rings. The number of halogens is 1. The Bertz CT molecular complexity index is 974. The quantitative estimate of drug-likeness (QED) is 0.806. The van der Waals surface area contributed by atoms with Crippen molar-refractivity contribution in [2.24, 2.45) is 5.73 Å². The van der Waals surface area contributed by atoms with Crippen LogP contribution in [0.15, 0.2) is 71.6 Å². The molecular formula is C21H17ClN2O3. The van der Waals surface area contributed by atoms with E-state index in [2.05, 4.69) is 6.07 Å². The summed E-state index contributed by atoms with van der Waals surface area (Å²) in [5.41, 5.74) is 7.67. The molecule has 0 spiro atoms. The van der Waals surface area contributed by atoms with E-state index in [0.717, 1.165) is 0 Å². The Morgan fingerprint density at radius 2 is 1.89 bits per heavy atom. The minimum Gasteiger partial charge on any atom is -0.462 e. The van der Waals surface area contributed by atoms with Crippen molar-refractivity contribution in [1.82, 2.24) is 0 Å². The number of allylic oxidation sites excluding steroid dienone is 1. The number of carbonyl (C=O) groups excluding carboxylic acids is 1. The standard InChI is InChI=1S/C21H17ClN2O3/c1-2-26-21(25)18-17(14-10-6-7-11-16(14)22)15(12-23)19(27-20(18)24)13-8-4-3-5-9-13/h3-11,17H,2,24H2,1H3/t17-/m1/s1. The van der Waals surface area contributed by atoms with Crippen LogP contribution in [-0.2, 0) is 14.3 Å². The number of hydrogen-bond donors (Lipinski definition) is 1. The van der Waals surface area contributed by atoms with Crippen molar-refractivity contribution in [3.05, 3.63) is 87.8 Å². The Labute approximate surface area is 162 Å². The van der Waals surface area contributed by atoms with Crippen LogP contribution in [0.2, 0.25) is 5.02 Å². The number of esters is 1. The summed E-state index contributed by atoms with van der Waals surface area (Å²) < 4.78 is 10.9. The third kappa shape index (κ3) is 3.53. The van der Waals surface area contributed by atoms with Crippen molar-refractivity contribution in [3.8, 4) is 6.07 Å². The molecule has 0 amide bonds. The Balaban J connectivity index is 2.26. The molecule has 1 heterocycles.